The molecule has 1 heterocycles. The van der Waals surface area contributed by atoms with Gasteiger partial charge >= 0.3 is 12.1 Å². The highest BCUT2D eigenvalue weighted by Crippen LogP contribution is 2.44. The second-order valence-electron chi connectivity index (χ2n) is 9.19. The molecule has 0 spiro atoms. The molecule has 1 aliphatic carbocycles. The lowest BCUT2D eigenvalue weighted by Gasteiger charge is -2.24. The van der Waals surface area contributed by atoms with E-state index in [1.54, 1.807) is 11.8 Å². The smallest absolute Gasteiger partial charge is 0.407 e. The molecular weight excluding hydrogens is 420 g/mol. The number of hydrogen-bond acceptors (Lipinski definition) is 4. The van der Waals surface area contributed by atoms with Gasteiger partial charge in [-0.3, -0.25) is 9.59 Å². The first kappa shape index (κ1) is 22.8. The number of carboxylic acid groups (broad SMARTS) is 1. The number of fused-ring (bicyclic) bond motifs is 3. The van der Waals surface area contributed by atoms with E-state index in [2.05, 4.69) is 29.6 Å². The maximum atomic E-state index is 12.9. The lowest BCUT2D eigenvalue weighted by Crippen LogP contribution is -2.42. The molecule has 2 aromatic carbocycles. The summed E-state index contributed by atoms with van der Waals surface area (Å²) in [6.07, 6.45) is 0.424. The molecule has 174 valence electrons. The average Bonchev–Trinajstić information content (AvgIpc) is 3.37. The van der Waals surface area contributed by atoms with Crippen molar-refractivity contribution in [3.05, 3.63) is 59.7 Å². The number of benzene rings is 2. The van der Waals surface area contributed by atoms with E-state index in [4.69, 9.17) is 4.74 Å². The lowest BCUT2D eigenvalue weighted by atomic mass is 9.90. The van der Waals surface area contributed by atoms with E-state index in [9.17, 15) is 19.5 Å². The molecule has 7 heteroatoms. The van der Waals surface area contributed by atoms with Crippen molar-refractivity contribution in [2.45, 2.75) is 32.6 Å². The highest BCUT2D eigenvalue weighted by Gasteiger charge is 2.43. The minimum atomic E-state index is -0.909. The summed E-state index contributed by atoms with van der Waals surface area (Å²) in [5.41, 5.74) is 3.71. The zero-order valence-electron chi connectivity index (χ0n) is 19.0. The first-order chi connectivity index (χ1) is 15.8. The number of nitrogens with one attached hydrogen (secondary N) is 1. The Kier molecular flexibility index (Phi) is 6.40. The first-order valence-corrected chi connectivity index (χ1v) is 11.4. The van der Waals surface area contributed by atoms with Gasteiger partial charge in [-0.2, -0.15) is 0 Å². The number of carbonyl (C=O) groups excluding carboxylic acids is 2. The quantitative estimate of drug-likeness (QED) is 0.668. The van der Waals surface area contributed by atoms with Crippen LogP contribution in [0, 0.1) is 11.3 Å². The summed E-state index contributed by atoms with van der Waals surface area (Å²) in [6, 6.07) is 16.3. The SMILES string of the molecule is CCC(CNC(=O)OCC1c2ccccc2-c2ccccc21)C(=O)N1CCC(C)(C(=O)O)C1. The molecule has 1 aliphatic heterocycles. The van der Waals surface area contributed by atoms with Crippen molar-refractivity contribution in [2.24, 2.45) is 11.3 Å². The number of amides is 2. The molecule has 2 atom stereocenters. The van der Waals surface area contributed by atoms with Crippen molar-refractivity contribution >= 4 is 18.0 Å². The van der Waals surface area contributed by atoms with Gasteiger partial charge in [-0.05, 0) is 42.0 Å². The summed E-state index contributed by atoms with van der Waals surface area (Å²) < 4.78 is 5.55. The van der Waals surface area contributed by atoms with E-state index >= 15 is 0 Å². The van der Waals surface area contributed by atoms with Crippen LogP contribution in [0.1, 0.15) is 43.7 Å². The topological polar surface area (TPSA) is 95.9 Å². The van der Waals surface area contributed by atoms with Gasteiger partial charge < -0.3 is 20.1 Å². The zero-order chi connectivity index (χ0) is 23.6. The fraction of sp³-hybridized carbons (Fsp3) is 0.423. The highest BCUT2D eigenvalue weighted by atomic mass is 16.5. The fourth-order valence-electron chi connectivity index (χ4n) is 4.84. The van der Waals surface area contributed by atoms with Crippen LogP contribution in [0.15, 0.2) is 48.5 Å². The van der Waals surface area contributed by atoms with E-state index < -0.39 is 23.4 Å². The third kappa shape index (κ3) is 4.45. The fourth-order valence-corrected chi connectivity index (χ4v) is 4.84. The van der Waals surface area contributed by atoms with Crippen LogP contribution in [0.5, 0.6) is 0 Å². The van der Waals surface area contributed by atoms with Crippen LogP contribution in [0.25, 0.3) is 11.1 Å². The highest BCUT2D eigenvalue weighted by molar-refractivity contribution is 5.83. The van der Waals surface area contributed by atoms with Crippen LogP contribution in [0.3, 0.4) is 0 Å². The number of likely N-dealkylation sites (tertiary alicyclic amines) is 1. The second kappa shape index (κ2) is 9.25. The van der Waals surface area contributed by atoms with Gasteiger partial charge in [0.25, 0.3) is 0 Å². The minimum absolute atomic E-state index is 0.0231. The molecule has 0 radical (unpaired) electrons. The zero-order valence-corrected chi connectivity index (χ0v) is 19.0. The number of aliphatic carboxylic acids is 1. The summed E-state index contributed by atoms with van der Waals surface area (Å²) in [7, 11) is 0. The Labute approximate surface area is 193 Å². The number of rotatable bonds is 7. The number of carbonyl (C=O) groups is 3. The molecule has 2 amide bonds. The van der Waals surface area contributed by atoms with Crippen molar-refractivity contribution in [1.82, 2.24) is 10.2 Å². The van der Waals surface area contributed by atoms with Gasteiger partial charge in [0.05, 0.1) is 11.3 Å². The third-order valence-electron chi connectivity index (χ3n) is 6.98. The molecule has 2 aromatic rings. The molecule has 1 saturated heterocycles. The lowest BCUT2D eigenvalue weighted by molar-refractivity contribution is -0.147. The van der Waals surface area contributed by atoms with E-state index in [0.717, 1.165) is 22.3 Å². The summed E-state index contributed by atoms with van der Waals surface area (Å²) in [6.45, 7) is 4.54. The van der Waals surface area contributed by atoms with Crippen LogP contribution in [0.4, 0.5) is 4.79 Å². The number of ether oxygens (including phenoxy) is 1. The van der Waals surface area contributed by atoms with E-state index in [1.807, 2.05) is 31.2 Å². The molecule has 7 nitrogen and oxygen atoms in total. The average molecular weight is 451 g/mol. The molecule has 2 unspecified atom stereocenters. The standard InChI is InChI=1S/C26H30N2O5/c1-3-17(23(29)28-13-12-26(2,16-28)24(30)31)14-27-25(32)33-15-22-20-10-6-4-8-18(20)19-9-5-7-11-21(19)22/h4-11,17,22H,3,12-16H2,1-2H3,(H,27,32)(H,30,31). The number of carboxylic acids is 1. The van der Waals surface area contributed by atoms with Gasteiger partial charge in [-0.25, -0.2) is 4.79 Å². The van der Waals surface area contributed by atoms with Gasteiger partial charge in [-0.15, -0.1) is 0 Å². The Morgan fingerprint density at radius 3 is 2.27 bits per heavy atom. The molecule has 2 N–H and O–H groups in total. The molecule has 0 bridgehead atoms. The van der Waals surface area contributed by atoms with Gasteiger partial charge in [0.1, 0.15) is 6.61 Å². The summed E-state index contributed by atoms with van der Waals surface area (Å²) in [5, 5.41) is 12.1. The molecule has 1 fully saturated rings. The first-order valence-electron chi connectivity index (χ1n) is 11.4. The maximum Gasteiger partial charge on any atom is 0.407 e. The van der Waals surface area contributed by atoms with E-state index in [1.165, 1.54) is 0 Å². The van der Waals surface area contributed by atoms with Crippen LogP contribution in [-0.4, -0.2) is 54.2 Å². The van der Waals surface area contributed by atoms with Crippen LogP contribution < -0.4 is 5.32 Å². The van der Waals surface area contributed by atoms with Gasteiger partial charge in [0.2, 0.25) is 5.91 Å². The van der Waals surface area contributed by atoms with E-state index in [0.29, 0.717) is 19.4 Å². The van der Waals surface area contributed by atoms with Crippen molar-refractivity contribution < 1.29 is 24.2 Å². The van der Waals surface area contributed by atoms with Crippen molar-refractivity contribution in [1.29, 1.82) is 0 Å². The van der Waals surface area contributed by atoms with Crippen LogP contribution in [-0.2, 0) is 14.3 Å². The number of alkyl carbamates (subject to hydrolysis) is 1. The van der Waals surface area contributed by atoms with Gasteiger partial charge in [0, 0.05) is 25.6 Å². The van der Waals surface area contributed by atoms with Crippen LogP contribution >= 0.6 is 0 Å². The monoisotopic (exact) mass is 450 g/mol. The third-order valence-corrected chi connectivity index (χ3v) is 6.98. The normalized spacial score (nSPS) is 20.1. The second-order valence-corrected chi connectivity index (χ2v) is 9.19. The number of nitrogens with zero attached hydrogens (tertiary/aromatic N) is 1. The largest absolute Gasteiger partial charge is 0.481 e. The minimum Gasteiger partial charge on any atom is -0.481 e. The Morgan fingerprint density at radius 1 is 1.12 bits per heavy atom. The van der Waals surface area contributed by atoms with Gasteiger partial charge in [0.15, 0.2) is 0 Å². The predicted octanol–water partition coefficient (Wildman–Crippen LogP) is 3.87. The van der Waals surface area contributed by atoms with E-state index in [-0.39, 0.29) is 31.5 Å². The predicted molar refractivity (Wildman–Crippen MR) is 124 cm³/mol. The van der Waals surface area contributed by atoms with Crippen molar-refractivity contribution in [2.75, 3.05) is 26.2 Å². The molecule has 2 aliphatic rings. The van der Waals surface area contributed by atoms with Crippen molar-refractivity contribution in [3.8, 4) is 11.1 Å². The molecule has 33 heavy (non-hydrogen) atoms. The Hall–Kier alpha value is -3.35. The number of hydrogen-bond donors (Lipinski definition) is 2. The Balaban J connectivity index is 1.32. The summed E-state index contributed by atoms with van der Waals surface area (Å²) in [4.78, 5) is 38.4. The summed E-state index contributed by atoms with van der Waals surface area (Å²) in [5.74, 6) is -1.45. The molecular formula is C26H30N2O5. The van der Waals surface area contributed by atoms with Gasteiger partial charge in [-0.1, -0.05) is 55.5 Å². The molecule has 0 saturated carbocycles. The Morgan fingerprint density at radius 2 is 1.73 bits per heavy atom. The summed E-state index contributed by atoms with van der Waals surface area (Å²) >= 11 is 0. The molecule has 0 aromatic heterocycles. The molecule has 4 rings (SSSR count). The van der Waals surface area contributed by atoms with Crippen LogP contribution in [0.2, 0.25) is 0 Å². The maximum absolute atomic E-state index is 12.9. The van der Waals surface area contributed by atoms with Crippen molar-refractivity contribution in [3.63, 3.8) is 0 Å². The Bertz CT molecular complexity index is 1020.